The molecule has 1 aliphatic rings. The zero-order chi connectivity index (χ0) is 26.5. The topological polar surface area (TPSA) is 117 Å². The zero-order valence-corrected chi connectivity index (χ0v) is 20.5. The first-order chi connectivity index (χ1) is 17.7. The van der Waals surface area contributed by atoms with E-state index in [1.54, 1.807) is 30.3 Å². The second-order valence-electron chi connectivity index (χ2n) is 7.48. The van der Waals surface area contributed by atoms with Gasteiger partial charge in [0.25, 0.3) is 5.69 Å². The summed E-state index contributed by atoms with van der Waals surface area (Å²) in [5.74, 6) is -0.982. The summed E-state index contributed by atoms with van der Waals surface area (Å²) in [5, 5.41) is 11.6. The third-order valence-corrected chi connectivity index (χ3v) is 5.52. The molecule has 0 aromatic heterocycles. The molecule has 0 unspecified atom stereocenters. The fraction of sp³-hybridized carbons (Fsp3) is 0.0385. The highest BCUT2D eigenvalue weighted by Gasteiger charge is 2.26. The van der Waals surface area contributed by atoms with Crippen molar-refractivity contribution in [3.8, 4) is 11.5 Å². The van der Waals surface area contributed by atoms with Gasteiger partial charge in [0.05, 0.1) is 22.6 Å². The Hall–Kier alpha value is -4.47. The van der Waals surface area contributed by atoms with Gasteiger partial charge in [0.15, 0.2) is 17.2 Å². The molecule has 0 aliphatic carbocycles. The number of halogens is 2. The fourth-order valence-electron chi connectivity index (χ4n) is 3.25. The van der Waals surface area contributed by atoms with Gasteiger partial charge in [-0.05, 0) is 53.6 Å². The van der Waals surface area contributed by atoms with Gasteiger partial charge in [0.2, 0.25) is 5.90 Å². The molecular formula is C26H16Cl2N2O7. The van der Waals surface area contributed by atoms with Gasteiger partial charge >= 0.3 is 11.9 Å². The average molecular weight is 539 g/mol. The van der Waals surface area contributed by atoms with Crippen LogP contribution in [-0.2, 0) is 14.3 Å². The van der Waals surface area contributed by atoms with E-state index in [0.29, 0.717) is 21.7 Å². The molecule has 186 valence electrons. The number of cyclic esters (lactones) is 1. The number of benzene rings is 3. The molecule has 1 heterocycles. The minimum absolute atomic E-state index is 0.0349. The summed E-state index contributed by atoms with van der Waals surface area (Å²) in [7, 11) is 1.39. The summed E-state index contributed by atoms with van der Waals surface area (Å²) in [6, 6.07) is 15.2. The van der Waals surface area contributed by atoms with E-state index >= 15 is 0 Å². The number of nitro benzene ring substituents is 1. The predicted molar refractivity (Wildman–Crippen MR) is 138 cm³/mol. The van der Waals surface area contributed by atoms with E-state index in [-0.39, 0.29) is 33.8 Å². The molecule has 0 bridgehead atoms. The number of non-ortho nitro benzene ring substituents is 1. The average Bonchev–Trinajstić information content (AvgIpc) is 3.23. The van der Waals surface area contributed by atoms with Crippen LogP contribution in [0.3, 0.4) is 0 Å². The Morgan fingerprint density at radius 1 is 1.05 bits per heavy atom. The Morgan fingerprint density at radius 3 is 2.59 bits per heavy atom. The lowest BCUT2D eigenvalue weighted by atomic mass is 10.1. The van der Waals surface area contributed by atoms with Gasteiger partial charge < -0.3 is 14.2 Å². The van der Waals surface area contributed by atoms with Gasteiger partial charge in [0, 0.05) is 23.2 Å². The molecule has 0 spiro atoms. The molecule has 9 nitrogen and oxygen atoms in total. The molecule has 37 heavy (non-hydrogen) atoms. The van der Waals surface area contributed by atoms with Gasteiger partial charge in [0.1, 0.15) is 0 Å². The van der Waals surface area contributed by atoms with Crippen LogP contribution >= 0.6 is 23.2 Å². The normalized spacial score (nSPS) is 14.0. The fourth-order valence-corrected chi connectivity index (χ4v) is 3.74. The highest BCUT2D eigenvalue weighted by Crippen LogP contribution is 2.31. The molecule has 0 atom stereocenters. The highest BCUT2D eigenvalue weighted by atomic mass is 35.5. The van der Waals surface area contributed by atoms with Crippen LogP contribution in [0.2, 0.25) is 10.0 Å². The summed E-state index contributed by atoms with van der Waals surface area (Å²) in [5.41, 5.74) is 1.35. The minimum Gasteiger partial charge on any atom is -0.493 e. The Morgan fingerprint density at radius 2 is 1.86 bits per heavy atom. The second-order valence-corrected chi connectivity index (χ2v) is 8.32. The van der Waals surface area contributed by atoms with E-state index in [4.69, 9.17) is 37.4 Å². The first kappa shape index (κ1) is 25.6. The van der Waals surface area contributed by atoms with E-state index in [9.17, 15) is 19.7 Å². The number of hydrogen-bond donors (Lipinski definition) is 0. The number of methoxy groups -OCH3 is 1. The smallest absolute Gasteiger partial charge is 0.363 e. The van der Waals surface area contributed by atoms with Gasteiger partial charge in [-0.1, -0.05) is 41.4 Å². The van der Waals surface area contributed by atoms with Gasteiger partial charge in [-0.25, -0.2) is 14.6 Å². The maximum atomic E-state index is 12.3. The van der Waals surface area contributed by atoms with Crippen LogP contribution in [0.1, 0.15) is 16.7 Å². The lowest BCUT2D eigenvalue weighted by molar-refractivity contribution is -0.384. The van der Waals surface area contributed by atoms with Crippen LogP contribution < -0.4 is 9.47 Å². The first-order valence-corrected chi connectivity index (χ1v) is 11.3. The second kappa shape index (κ2) is 11.1. The summed E-state index contributed by atoms with van der Waals surface area (Å²) in [4.78, 5) is 39.2. The summed E-state index contributed by atoms with van der Waals surface area (Å²) >= 11 is 12.1. The first-order valence-electron chi connectivity index (χ1n) is 10.5. The Balaban J connectivity index is 1.51. The Bertz CT molecular complexity index is 1510. The third-order valence-electron chi connectivity index (χ3n) is 4.98. The Kier molecular flexibility index (Phi) is 7.66. The molecule has 3 aromatic carbocycles. The van der Waals surface area contributed by atoms with E-state index < -0.39 is 16.9 Å². The molecule has 0 radical (unpaired) electrons. The number of nitro groups is 1. The summed E-state index contributed by atoms with van der Waals surface area (Å²) < 4.78 is 15.9. The molecule has 3 aromatic rings. The number of ether oxygens (including phenoxy) is 3. The molecule has 1 aliphatic heterocycles. The monoisotopic (exact) mass is 538 g/mol. The molecule has 0 saturated heterocycles. The molecule has 11 heteroatoms. The molecule has 0 fully saturated rings. The maximum absolute atomic E-state index is 12.3. The standard InChI is InChI=1S/C26H16Cl2N2O7/c1-35-23-13-16(12-21-26(32)37-25(29-21)19-8-7-17(27)14-20(19)28)5-9-22(23)36-24(31)10-6-15-3-2-4-18(11-15)30(33)34/h2-14H,1H3/b10-6+,21-12-. The lowest BCUT2D eigenvalue weighted by Crippen LogP contribution is -2.06. The van der Waals surface area contributed by atoms with Crippen molar-refractivity contribution in [2.45, 2.75) is 0 Å². The number of aliphatic imine (C=N–C) groups is 1. The van der Waals surface area contributed by atoms with E-state index in [1.165, 1.54) is 49.6 Å². The molecular weight excluding hydrogens is 523 g/mol. The Labute approximate surface area is 220 Å². The van der Waals surface area contributed by atoms with Crippen molar-refractivity contribution in [3.63, 3.8) is 0 Å². The van der Waals surface area contributed by atoms with Crippen LogP contribution in [0.25, 0.3) is 12.2 Å². The quantitative estimate of drug-likeness (QED) is 0.121. The van der Waals surface area contributed by atoms with Crippen molar-refractivity contribution in [1.82, 2.24) is 0 Å². The van der Waals surface area contributed by atoms with Crippen LogP contribution in [-0.4, -0.2) is 29.9 Å². The molecule has 0 amide bonds. The van der Waals surface area contributed by atoms with Crippen LogP contribution in [0.15, 0.2) is 77.4 Å². The number of carbonyl (C=O) groups excluding carboxylic acids is 2. The number of carbonyl (C=O) groups is 2. The van der Waals surface area contributed by atoms with Crippen molar-refractivity contribution in [3.05, 3.63) is 109 Å². The summed E-state index contributed by atoms with van der Waals surface area (Å²) in [6.07, 6.45) is 4.02. The maximum Gasteiger partial charge on any atom is 0.363 e. The van der Waals surface area contributed by atoms with Crippen molar-refractivity contribution in [1.29, 1.82) is 0 Å². The minimum atomic E-state index is -0.718. The molecule has 0 N–H and O–H groups in total. The van der Waals surface area contributed by atoms with Crippen molar-refractivity contribution in [2.24, 2.45) is 4.99 Å². The zero-order valence-electron chi connectivity index (χ0n) is 19.0. The van der Waals surface area contributed by atoms with Crippen LogP contribution in [0, 0.1) is 10.1 Å². The largest absolute Gasteiger partial charge is 0.493 e. The summed E-state index contributed by atoms with van der Waals surface area (Å²) in [6.45, 7) is 0. The van der Waals surface area contributed by atoms with Gasteiger partial charge in [-0.3, -0.25) is 10.1 Å². The predicted octanol–water partition coefficient (Wildman–Crippen LogP) is 5.87. The van der Waals surface area contributed by atoms with Crippen molar-refractivity contribution < 1.29 is 28.7 Å². The van der Waals surface area contributed by atoms with Crippen molar-refractivity contribution >= 4 is 58.9 Å². The van der Waals surface area contributed by atoms with Crippen molar-refractivity contribution in [2.75, 3.05) is 7.11 Å². The van der Waals surface area contributed by atoms with Gasteiger partial charge in [-0.2, -0.15) is 0 Å². The van der Waals surface area contributed by atoms with Crippen LogP contribution in [0.5, 0.6) is 11.5 Å². The van der Waals surface area contributed by atoms with E-state index in [1.807, 2.05) is 0 Å². The number of esters is 2. The van der Waals surface area contributed by atoms with Gasteiger partial charge in [-0.15, -0.1) is 0 Å². The molecule has 0 saturated carbocycles. The number of rotatable bonds is 7. The molecule has 4 rings (SSSR count). The lowest BCUT2D eigenvalue weighted by Gasteiger charge is -2.08. The SMILES string of the molecule is COc1cc(/C=C2\N=C(c3ccc(Cl)cc3Cl)OC2=O)ccc1OC(=O)/C=C/c1cccc([N+](=O)[O-])c1. The van der Waals surface area contributed by atoms with Crippen LogP contribution in [0.4, 0.5) is 5.69 Å². The van der Waals surface area contributed by atoms with E-state index in [2.05, 4.69) is 4.99 Å². The van der Waals surface area contributed by atoms with E-state index in [0.717, 1.165) is 6.08 Å². The highest BCUT2D eigenvalue weighted by molar-refractivity contribution is 6.37. The number of nitrogens with zero attached hydrogens (tertiary/aromatic N) is 2. The number of hydrogen-bond acceptors (Lipinski definition) is 8. The third kappa shape index (κ3) is 6.21.